The highest BCUT2D eigenvalue weighted by atomic mass is 16.7. The minimum Gasteiger partial charge on any atom is -0.463 e. The Morgan fingerprint density at radius 3 is 1.76 bits per heavy atom. The van der Waals surface area contributed by atoms with Crippen LogP contribution in [-0.4, -0.2) is 67.2 Å². The van der Waals surface area contributed by atoms with Crippen molar-refractivity contribution in [2.45, 2.75) is 65.3 Å². The molecule has 1 aliphatic heterocycles. The summed E-state index contributed by atoms with van der Waals surface area (Å²) in [5.41, 5.74) is 1.10. The fourth-order valence-corrected chi connectivity index (χ4v) is 3.15. The van der Waals surface area contributed by atoms with E-state index in [-0.39, 0.29) is 5.56 Å². The van der Waals surface area contributed by atoms with Crippen LogP contribution >= 0.6 is 0 Å². The van der Waals surface area contributed by atoms with E-state index in [1.165, 1.54) is 12.1 Å². The van der Waals surface area contributed by atoms with Crippen molar-refractivity contribution in [1.29, 1.82) is 0 Å². The van der Waals surface area contributed by atoms with Gasteiger partial charge in [-0.1, -0.05) is 17.7 Å². The highest BCUT2D eigenvalue weighted by Gasteiger charge is 2.53. The normalized spacial score (nSPS) is 24.2. The van der Waals surface area contributed by atoms with Gasteiger partial charge < -0.3 is 28.4 Å². The summed E-state index contributed by atoms with van der Waals surface area (Å²) < 4.78 is 31.9. The second-order valence-corrected chi connectivity index (χ2v) is 7.34. The van der Waals surface area contributed by atoms with Crippen molar-refractivity contribution in [3.8, 4) is 0 Å². The molecule has 0 amide bonds. The average molecular weight is 466 g/mol. The molecule has 11 nitrogen and oxygen atoms in total. The number of hydrogen-bond acceptors (Lipinski definition) is 11. The molecular weight excluding hydrogens is 440 g/mol. The monoisotopic (exact) mass is 466 g/mol. The number of carbonyl (C=O) groups excluding carboxylic acids is 5. The Hall–Kier alpha value is -3.47. The van der Waals surface area contributed by atoms with Crippen LogP contribution in [0.25, 0.3) is 0 Å². The lowest BCUT2D eigenvalue weighted by Gasteiger charge is -2.43. The van der Waals surface area contributed by atoms with E-state index in [9.17, 15) is 24.0 Å². The van der Waals surface area contributed by atoms with E-state index < -0.39 is 67.2 Å². The molecule has 180 valence electrons. The highest BCUT2D eigenvalue weighted by Crippen LogP contribution is 2.30. The van der Waals surface area contributed by atoms with Crippen LogP contribution in [0.1, 0.15) is 43.6 Å². The molecule has 11 heteroatoms. The number of ether oxygens (including phenoxy) is 6. The van der Waals surface area contributed by atoms with E-state index in [0.29, 0.717) is 0 Å². The molecule has 0 N–H and O–H groups in total. The Labute approximate surface area is 190 Å². The third-order valence-corrected chi connectivity index (χ3v) is 4.46. The number of hydrogen-bond donors (Lipinski definition) is 0. The Bertz CT molecular complexity index is 892. The molecule has 1 aromatic carbocycles. The fourth-order valence-electron chi connectivity index (χ4n) is 3.15. The fraction of sp³-hybridized carbons (Fsp3) is 0.500. The maximum atomic E-state index is 12.7. The van der Waals surface area contributed by atoms with Gasteiger partial charge in [0.1, 0.15) is 12.7 Å². The van der Waals surface area contributed by atoms with Crippen LogP contribution in [0.4, 0.5) is 0 Å². The van der Waals surface area contributed by atoms with Gasteiger partial charge in [0.05, 0.1) is 5.56 Å². The molecule has 0 bridgehead atoms. The number of rotatable bonds is 7. The molecule has 1 aromatic rings. The standard InChI is InChI=1S/C22H26O11/c1-11-6-8-16(9-7-11)21(27)33-22-20(31-15(5)26)19(30-14(4)25)18(29-13(3)24)17(32-22)10-28-12(2)23/h6-9,17-20,22H,10H2,1-5H3/t17-,18+,19+,20-,22+/m1/s1. The zero-order valence-electron chi connectivity index (χ0n) is 18.9. The first-order chi connectivity index (χ1) is 15.5. The molecule has 0 aliphatic carbocycles. The van der Waals surface area contributed by atoms with E-state index in [4.69, 9.17) is 28.4 Å². The SMILES string of the molecule is CC(=O)OC[C@H]1O[C@@H](OC(=O)c2ccc(C)cc2)[C@H](OC(C)=O)[C@@H](OC(C)=O)[C@H]1OC(C)=O. The smallest absolute Gasteiger partial charge is 0.340 e. The van der Waals surface area contributed by atoms with Crippen LogP contribution in [0.3, 0.4) is 0 Å². The van der Waals surface area contributed by atoms with Crippen LogP contribution in [0.2, 0.25) is 0 Å². The summed E-state index contributed by atoms with van der Waals surface area (Å²) in [5, 5.41) is 0. The molecule has 0 unspecified atom stereocenters. The van der Waals surface area contributed by atoms with Crippen molar-refractivity contribution in [2.24, 2.45) is 0 Å². The molecule has 1 aliphatic rings. The first kappa shape index (κ1) is 25.8. The van der Waals surface area contributed by atoms with Crippen molar-refractivity contribution < 1.29 is 52.4 Å². The minimum atomic E-state index is -1.57. The maximum absolute atomic E-state index is 12.7. The van der Waals surface area contributed by atoms with Crippen LogP contribution in [-0.2, 0) is 47.6 Å². The summed E-state index contributed by atoms with van der Waals surface area (Å²) in [6, 6.07) is 6.46. The number of carbonyl (C=O) groups is 5. The topological polar surface area (TPSA) is 141 Å². The lowest BCUT2D eigenvalue weighted by Crippen LogP contribution is -2.63. The molecule has 1 saturated heterocycles. The van der Waals surface area contributed by atoms with Crippen molar-refractivity contribution in [1.82, 2.24) is 0 Å². The molecule has 1 fully saturated rings. The van der Waals surface area contributed by atoms with Crippen LogP contribution in [0, 0.1) is 6.92 Å². The third kappa shape index (κ3) is 7.56. The molecule has 0 radical (unpaired) electrons. The molecular formula is C22H26O11. The number of benzene rings is 1. The van der Waals surface area contributed by atoms with Crippen molar-refractivity contribution >= 4 is 29.8 Å². The average Bonchev–Trinajstić information content (AvgIpc) is 2.70. The van der Waals surface area contributed by atoms with Gasteiger partial charge in [-0.15, -0.1) is 0 Å². The zero-order valence-corrected chi connectivity index (χ0v) is 18.9. The van der Waals surface area contributed by atoms with Gasteiger partial charge in [-0.3, -0.25) is 19.2 Å². The highest BCUT2D eigenvalue weighted by molar-refractivity contribution is 5.89. The first-order valence-corrected chi connectivity index (χ1v) is 10.1. The lowest BCUT2D eigenvalue weighted by molar-refractivity contribution is -0.294. The van der Waals surface area contributed by atoms with Crippen LogP contribution in [0.15, 0.2) is 24.3 Å². The second-order valence-electron chi connectivity index (χ2n) is 7.34. The third-order valence-electron chi connectivity index (χ3n) is 4.46. The van der Waals surface area contributed by atoms with E-state index >= 15 is 0 Å². The molecule has 0 spiro atoms. The second kappa shape index (κ2) is 11.4. The van der Waals surface area contributed by atoms with E-state index in [2.05, 4.69) is 0 Å². The van der Waals surface area contributed by atoms with Crippen molar-refractivity contribution in [3.63, 3.8) is 0 Å². The molecule has 5 atom stereocenters. The van der Waals surface area contributed by atoms with Crippen LogP contribution < -0.4 is 0 Å². The molecule has 0 saturated carbocycles. The van der Waals surface area contributed by atoms with Gasteiger partial charge in [-0.2, -0.15) is 0 Å². The predicted molar refractivity (Wildman–Crippen MR) is 109 cm³/mol. The van der Waals surface area contributed by atoms with E-state index in [0.717, 1.165) is 33.3 Å². The van der Waals surface area contributed by atoms with Crippen LogP contribution in [0.5, 0.6) is 0 Å². The summed E-state index contributed by atoms with van der Waals surface area (Å²) in [5.74, 6) is -3.80. The van der Waals surface area contributed by atoms with E-state index in [1.54, 1.807) is 12.1 Å². The summed E-state index contributed by atoms with van der Waals surface area (Å²) in [7, 11) is 0. The first-order valence-electron chi connectivity index (χ1n) is 10.1. The van der Waals surface area contributed by atoms with Gasteiger partial charge in [0.15, 0.2) is 12.2 Å². The maximum Gasteiger partial charge on any atom is 0.340 e. The van der Waals surface area contributed by atoms with Crippen molar-refractivity contribution in [3.05, 3.63) is 35.4 Å². The van der Waals surface area contributed by atoms with E-state index in [1.807, 2.05) is 6.92 Å². The number of esters is 5. The molecule has 1 heterocycles. The Kier molecular flexibility index (Phi) is 8.92. The molecule has 33 heavy (non-hydrogen) atoms. The Morgan fingerprint density at radius 2 is 1.24 bits per heavy atom. The van der Waals surface area contributed by atoms with Gasteiger partial charge >= 0.3 is 29.8 Å². The van der Waals surface area contributed by atoms with Gasteiger partial charge in [-0.05, 0) is 19.1 Å². The number of aryl methyl sites for hydroxylation is 1. The predicted octanol–water partition coefficient (Wildman–Crippen LogP) is 1.23. The van der Waals surface area contributed by atoms with Gasteiger partial charge in [-0.25, -0.2) is 4.79 Å². The molecule has 2 rings (SSSR count). The molecule has 0 aromatic heterocycles. The zero-order chi connectivity index (χ0) is 24.7. The summed E-state index contributed by atoms with van der Waals surface area (Å²) in [6.45, 7) is 5.88. The van der Waals surface area contributed by atoms with Gasteiger partial charge in [0, 0.05) is 27.7 Å². The lowest BCUT2D eigenvalue weighted by atomic mass is 9.98. The summed E-state index contributed by atoms with van der Waals surface area (Å²) in [4.78, 5) is 59.3. The quantitative estimate of drug-likeness (QED) is 0.423. The largest absolute Gasteiger partial charge is 0.463 e. The summed E-state index contributed by atoms with van der Waals surface area (Å²) >= 11 is 0. The van der Waals surface area contributed by atoms with Crippen molar-refractivity contribution in [2.75, 3.05) is 6.61 Å². The Morgan fingerprint density at radius 1 is 0.727 bits per heavy atom. The summed E-state index contributed by atoms with van der Waals surface area (Å²) in [6.07, 6.45) is -6.99. The Balaban J connectivity index is 2.42. The minimum absolute atomic E-state index is 0.188. The van der Waals surface area contributed by atoms with Gasteiger partial charge in [0.25, 0.3) is 0 Å². The van der Waals surface area contributed by atoms with Gasteiger partial charge in [0.2, 0.25) is 12.4 Å².